The zero-order valence-corrected chi connectivity index (χ0v) is 21.9. The summed E-state index contributed by atoms with van der Waals surface area (Å²) in [5.74, 6) is -1.23. The minimum absolute atomic E-state index is 0.110. The average Bonchev–Trinajstić information content (AvgIpc) is 3.01. The van der Waals surface area contributed by atoms with E-state index in [1.165, 1.54) is 18.2 Å². The molecule has 0 radical (unpaired) electrons. The predicted octanol–water partition coefficient (Wildman–Crippen LogP) is 2.96. The highest BCUT2D eigenvalue weighted by molar-refractivity contribution is 6.07. The average molecular weight is 541 g/mol. The Hall–Kier alpha value is -4.75. The molecule has 2 aliphatic rings. The molecular formula is C30H29FN6O3. The van der Waals surface area contributed by atoms with Crippen molar-refractivity contribution in [3.63, 3.8) is 0 Å². The predicted molar refractivity (Wildman–Crippen MR) is 149 cm³/mol. The van der Waals surface area contributed by atoms with Gasteiger partial charge in [0.25, 0.3) is 17.7 Å². The Morgan fingerprint density at radius 1 is 0.775 bits per heavy atom. The number of halogens is 1. The van der Waals surface area contributed by atoms with Crippen LogP contribution in [0.4, 0.5) is 15.8 Å². The van der Waals surface area contributed by atoms with Crippen LogP contribution in [0.3, 0.4) is 0 Å². The van der Waals surface area contributed by atoms with Crippen LogP contribution in [0.15, 0.2) is 66.7 Å². The minimum atomic E-state index is -0.515. The van der Waals surface area contributed by atoms with Crippen molar-refractivity contribution in [3.8, 4) is 6.07 Å². The van der Waals surface area contributed by atoms with Crippen LogP contribution in [-0.4, -0.2) is 79.9 Å². The Labute approximate surface area is 231 Å². The first-order valence-corrected chi connectivity index (χ1v) is 13.2. The van der Waals surface area contributed by atoms with Crippen molar-refractivity contribution in [1.29, 1.82) is 5.26 Å². The number of hydrogen-bond donors (Lipinski definition) is 2. The summed E-state index contributed by atoms with van der Waals surface area (Å²) in [6, 6.07) is 19.3. The Balaban J connectivity index is 1.36. The monoisotopic (exact) mass is 540 g/mol. The summed E-state index contributed by atoms with van der Waals surface area (Å²) in [7, 11) is 0. The van der Waals surface area contributed by atoms with Crippen molar-refractivity contribution in [3.05, 3.63) is 94.8 Å². The number of nitrogens with zero attached hydrogens (tertiary/aromatic N) is 4. The molecule has 0 bridgehead atoms. The van der Waals surface area contributed by atoms with Crippen molar-refractivity contribution in [1.82, 2.24) is 15.1 Å². The number of piperazine rings is 2. The Kier molecular flexibility index (Phi) is 8.03. The van der Waals surface area contributed by atoms with Gasteiger partial charge in [0.2, 0.25) is 0 Å². The standard InChI is InChI=1S/C30H29FN6O3/c31-25-3-1-2-23(18-25)28(38)34-26-19-24(30(40)36-12-10-33-11-13-36)8-9-27(26)35-14-16-37(17-15-35)29(39)22-6-4-21(20-32)5-7-22/h1-9,18-19,33H,10-17H2,(H,34,38). The van der Waals surface area contributed by atoms with E-state index in [4.69, 9.17) is 5.26 Å². The highest BCUT2D eigenvalue weighted by Gasteiger charge is 2.26. The van der Waals surface area contributed by atoms with E-state index >= 15 is 0 Å². The molecule has 2 aliphatic heterocycles. The van der Waals surface area contributed by atoms with Gasteiger partial charge in [-0.15, -0.1) is 0 Å². The van der Waals surface area contributed by atoms with Gasteiger partial charge in [-0.1, -0.05) is 6.07 Å². The lowest BCUT2D eigenvalue weighted by atomic mass is 10.1. The second kappa shape index (κ2) is 12.0. The number of nitrogens with one attached hydrogen (secondary N) is 2. The first kappa shape index (κ1) is 26.8. The molecule has 2 heterocycles. The molecule has 9 nitrogen and oxygen atoms in total. The second-order valence-corrected chi connectivity index (χ2v) is 9.71. The molecule has 0 spiro atoms. The van der Waals surface area contributed by atoms with Crippen LogP contribution in [0.25, 0.3) is 0 Å². The first-order chi connectivity index (χ1) is 19.4. The highest BCUT2D eigenvalue weighted by atomic mass is 19.1. The normalized spacial score (nSPS) is 15.3. The molecule has 2 saturated heterocycles. The zero-order chi connectivity index (χ0) is 28.1. The van der Waals surface area contributed by atoms with Gasteiger partial charge in [-0.2, -0.15) is 5.26 Å². The van der Waals surface area contributed by atoms with E-state index in [-0.39, 0.29) is 17.4 Å². The number of rotatable bonds is 5. The Morgan fingerprint density at radius 2 is 1.43 bits per heavy atom. The lowest BCUT2D eigenvalue weighted by Crippen LogP contribution is -2.49. The van der Waals surface area contributed by atoms with Crippen molar-refractivity contribution in [2.45, 2.75) is 0 Å². The Bertz CT molecular complexity index is 1460. The molecule has 0 aliphatic carbocycles. The third kappa shape index (κ3) is 5.95. The van der Waals surface area contributed by atoms with E-state index < -0.39 is 11.7 Å². The third-order valence-electron chi connectivity index (χ3n) is 7.15. The first-order valence-electron chi connectivity index (χ1n) is 13.2. The molecule has 204 valence electrons. The van der Waals surface area contributed by atoms with Gasteiger partial charge in [-0.25, -0.2) is 4.39 Å². The van der Waals surface area contributed by atoms with Gasteiger partial charge in [0.15, 0.2) is 0 Å². The van der Waals surface area contributed by atoms with Crippen molar-refractivity contribution >= 4 is 29.1 Å². The van der Waals surface area contributed by atoms with E-state index in [0.29, 0.717) is 67.3 Å². The molecular weight excluding hydrogens is 511 g/mol. The number of carbonyl (C=O) groups is 3. The van der Waals surface area contributed by atoms with Crippen LogP contribution in [0.5, 0.6) is 0 Å². The summed E-state index contributed by atoms with van der Waals surface area (Å²) >= 11 is 0. The van der Waals surface area contributed by atoms with Crippen molar-refractivity contribution in [2.75, 3.05) is 62.6 Å². The summed E-state index contributed by atoms with van der Waals surface area (Å²) in [4.78, 5) is 44.8. The van der Waals surface area contributed by atoms with Gasteiger partial charge in [0, 0.05) is 69.0 Å². The van der Waals surface area contributed by atoms with Crippen molar-refractivity contribution < 1.29 is 18.8 Å². The number of hydrogen-bond acceptors (Lipinski definition) is 6. The van der Waals surface area contributed by atoms with E-state index in [1.807, 2.05) is 6.07 Å². The Morgan fingerprint density at radius 3 is 2.10 bits per heavy atom. The van der Waals surface area contributed by atoms with Crippen LogP contribution >= 0.6 is 0 Å². The van der Waals surface area contributed by atoms with Gasteiger partial charge in [-0.3, -0.25) is 14.4 Å². The molecule has 3 aromatic rings. The summed E-state index contributed by atoms with van der Waals surface area (Å²) in [6.07, 6.45) is 0. The molecule has 0 saturated carbocycles. The largest absolute Gasteiger partial charge is 0.366 e. The van der Waals surface area contributed by atoms with Gasteiger partial charge >= 0.3 is 0 Å². The topological polar surface area (TPSA) is 109 Å². The number of nitriles is 1. The van der Waals surface area contributed by atoms with Crippen LogP contribution in [0, 0.1) is 17.1 Å². The zero-order valence-electron chi connectivity index (χ0n) is 21.9. The SMILES string of the molecule is N#Cc1ccc(C(=O)N2CCN(c3ccc(C(=O)N4CCNCC4)cc3NC(=O)c3cccc(F)c3)CC2)cc1. The van der Waals surface area contributed by atoms with Gasteiger partial charge in [-0.05, 0) is 60.7 Å². The lowest BCUT2D eigenvalue weighted by molar-refractivity contribution is 0.0731. The molecule has 0 unspecified atom stereocenters. The summed E-state index contributed by atoms with van der Waals surface area (Å²) in [6.45, 7) is 4.57. The third-order valence-corrected chi connectivity index (χ3v) is 7.15. The quantitative estimate of drug-likeness (QED) is 0.515. The summed E-state index contributed by atoms with van der Waals surface area (Å²) in [5, 5.41) is 15.1. The fourth-order valence-electron chi connectivity index (χ4n) is 4.94. The van der Waals surface area contributed by atoms with Crippen molar-refractivity contribution in [2.24, 2.45) is 0 Å². The minimum Gasteiger partial charge on any atom is -0.366 e. The molecule has 2 N–H and O–H groups in total. The number of amides is 3. The summed E-state index contributed by atoms with van der Waals surface area (Å²) in [5.41, 5.74) is 2.80. The molecule has 40 heavy (non-hydrogen) atoms. The van der Waals surface area contributed by atoms with Gasteiger partial charge < -0.3 is 25.3 Å². The van der Waals surface area contributed by atoms with Crippen LogP contribution in [-0.2, 0) is 0 Å². The molecule has 0 aromatic heterocycles. The van der Waals surface area contributed by atoms with Crippen LogP contribution in [0.1, 0.15) is 36.6 Å². The second-order valence-electron chi connectivity index (χ2n) is 9.71. The van der Waals surface area contributed by atoms with E-state index in [2.05, 4.69) is 21.6 Å². The van der Waals surface area contributed by atoms with E-state index in [1.54, 1.807) is 46.2 Å². The lowest BCUT2D eigenvalue weighted by Gasteiger charge is -2.37. The number of carbonyl (C=O) groups excluding carboxylic acids is 3. The highest BCUT2D eigenvalue weighted by Crippen LogP contribution is 2.30. The maximum absolute atomic E-state index is 13.8. The van der Waals surface area contributed by atoms with E-state index in [0.717, 1.165) is 19.2 Å². The van der Waals surface area contributed by atoms with Gasteiger partial charge in [0.05, 0.1) is 23.0 Å². The van der Waals surface area contributed by atoms with Crippen LogP contribution < -0.4 is 15.5 Å². The van der Waals surface area contributed by atoms with Crippen LogP contribution in [0.2, 0.25) is 0 Å². The maximum Gasteiger partial charge on any atom is 0.255 e. The molecule has 2 fully saturated rings. The fourth-order valence-corrected chi connectivity index (χ4v) is 4.94. The number of anilines is 2. The van der Waals surface area contributed by atoms with E-state index in [9.17, 15) is 18.8 Å². The molecule has 10 heteroatoms. The summed E-state index contributed by atoms with van der Waals surface area (Å²) < 4.78 is 13.8. The molecule has 3 amide bonds. The van der Waals surface area contributed by atoms with Gasteiger partial charge in [0.1, 0.15) is 5.82 Å². The maximum atomic E-state index is 13.8. The molecule has 3 aromatic carbocycles. The molecule has 5 rings (SSSR count). The molecule has 0 atom stereocenters. The smallest absolute Gasteiger partial charge is 0.255 e. The number of benzene rings is 3. The fraction of sp³-hybridized carbons (Fsp3) is 0.267.